The molecule has 102 valence electrons. The molecule has 1 rings (SSSR count). The predicted octanol–water partition coefficient (Wildman–Crippen LogP) is 1.23. The third-order valence-corrected chi connectivity index (χ3v) is 1.97. The molecule has 0 unspecified atom stereocenters. The highest BCUT2D eigenvalue weighted by Gasteiger charge is 2.07. The van der Waals surface area contributed by atoms with Gasteiger partial charge < -0.3 is 15.8 Å². The second-order valence-electron chi connectivity index (χ2n) is 3.50. The normalized spacial score (nSPS) is 11.3. The van der Waals surface area contributed by atoms with E-state index in [0.29, 0.717) is 0 Å². The van der Waals surface area contributed by atoms with Crippen LogP contribution < -0.4 is 15.8 Å². The van der Waals surface area contributed by atoms with E-state index in [1.807, 2.05) is 0 Å². The molecule has 0 saturated carbocycles. The van der Waals surface area contributed by atoms with Crippen LogP contribution in [0.4, 0.5) is 8.78 Å². The Morgan fingerprint density at radius 3 is 2.72 bits per heavy atom. The Hall–Kier alpha value is -1.40. The number of benzene rings is 1. The van der Waals surface area contributed by atoms with E-state index in [1.54, 1.807) is 6.92 Å². The number of hydrogen-bond donors (Lipinski definition) is 2. The fourth-order valence-corrected chi connectivity index (χ4v) is 1.09. The molecule has 0 aromatic heterocycles. The van der Waals surface area contributed by atoms with E-state index >= 15 is 0 Å². The van der Waals surface area contributed by atoms with Crippen molar-refractivity contribution in [1.29, 1.82) is 0 Å². The summed E-state index contributed by atoms with van der Waals surface area (Å²) in [5, 5.41) is 2.50. The zero-order chi connectivity index (χ0) is 12.8. The van der Waals surface area contributed by atoms with Crippen LogP contribution >= 0.6 is 12.4 Å². The van der Waals surface area contributed by atoms with Gasteiger partial charge in [-0.2, -0.15) is 0 Å². The fourth-order valence-electron chi connectivity index (χ4n) is 1.09. The molecule has 3 N–H and O–H groups in total. The van der Waals surface area contributed by atoms with E-state index < -0.39 is 17.7 Å². The molecule has 1 atom stereocenters. The van der Waals surface area contributed by atoms with Crippen LogP contribution in [0.1, 0.15) is 6.92 Å². The smallest absolute Gasteiger partial charge is 0.236 e. The number of carbonyl (C=O) groups excluding carboxylic acids is 1. The maximum atomic E-state index is 13.1. The van der Waals surface area contributed by atoms with Gasteiger partial charge in [0.2, 0.25) is 5.91 Å². The van der Waals surface area contributed by atoms with E-state index in [-0.39, 0.29) is 37.2 Å². The summed E-state index contributed by atoms with van der Waals surface area (Å²) < 4.78 is 30.7. The van der Waals surface area contributed by atoms with Crippen LogP contribution in [0.5, 0.6) is 5.75 Å². The minimum absolute atomic E-state index is 0. The van der Waals surface area contributed by atoms with Crippen LogP contribution in [-0.4, -0.2) is 25.1 Å². The van der Waals surface area contributed by atoms with Gasteiger partial charge in [-0.3, -0.25) is 4.79 Å². The molecule has 0 aliphatic rings. The molecule has 0 saturated heterocycles. The Morgan fingerprint density at radius 2 is 2.17 bits per heavy atom. The second kappa shape index (κ2) is 7.84. The zero-order valence-electron chi connectivity index (χ0n) is 9.78. The van der Waals surface area contributed by atoms with Gasteiger partial charge in [0, 0.05) is 6.07 Å². The average molecular weight is 281 g/mol. The number of amides is 1. The molecule has 1 aromatic carbocycles. The molecule has 0 aliphatic carbocycles. The number of carbonyl (C=O) groups is 1. The number of rotatable bonds is 5. The lowest BCUT2D eigenvalue weighted by Crippen LogP contribution is -2.40. The molecule has 18 heavy (non-hydrogen) atoms. The number of nitrogens with two attached hydrogens (primary N) is 1. The molecule has 0 fully saturated rings. The van der Waals surface area contributed by atoms with Crippen molar-refractivity contribution in [2.75, 3.05) is 13.2 Å². The quantitative estimate of drug-likeness (QED) is 0.798. The first kappa shape index (κ1) is 16.6. The SMILES string of the molecule is C[C@@H](N)C(=O)NCCOc1ccc(F)cc1F.Cl. The highest BCUT2D eigenvalue weighted by atomic mass is 35.5. The Kier molecular flexibility index (Phi) is 7.23. The van der Waals surface area contributed by atoms with Crippen molar-refractivity contribution in [3.05, 3.63) is 29.8 Å². The summed E-state index contributed by atoms with van der Waals surface area (Å²) in [6.45, 7) is 1.84. The average Bonchev–Trinajstić information content (AvgIpc) is 2.26. The summed E-state index contributed by atoms with van der Waals surface area (Å²) in [4.78, 5) is 11.1. The van der Waals surface area contributed by atoms with Gasteiger partial charge in [0.05, 0.1) is 12.6 Å². The number of ether oxygens (including phenoxy) is 1. The van der Waals surface area contributed by atoms with E-state index in [4.69, 9.17) is 10.5 Å². The Morgan fingerprint density at radius 1 is 1.50 bits per heavy atom. The number of hydrogen-bond acceptors (Lipinski definition) is 3. The first-order valence-electron chi connectivity index (χ1n) is 5.12. The van der Waals surface area contributed by atoms with Gasteiger partial charge in [-0.15, -0.1) is 12.4 Å². The first-order valence-corrected chi connectivity index (χ1v) is 5.12. The minimum atomic E-state index is -0.775. The summed E-state index contributed by atoms with van der Waals surface area (Å²) in [6, 6.07) is 2.42. The fraction of sp³-hybridized carbons (Fsp3) is 0.364. The highest BCUT2D eigenvalue weighted by Crippen LogP contribution is 2.17. The van der Waals surface area contributed by atoms with Crippen LogP contribution in [0.25, 0.3) is 0 Å². The molecule has 0 spiro atoms. The minimum Gasteiger partial charge on any atom is -0.489 e. The predicted molar refractivity (Wildman–Crippen MR) is 65.8 cm³/mol. The summed E-state index contributed by atoms with van der Waals surface area (Å²) in [5.74, 6) is -1.81. The zero-order valence-corrected chi connectivity index (χ0v) is 10.6. The molecule has 1 amide bonds. The molecule has 7 heteroatoms. The third kappa shape index (κ3) is 5.29. The summed E-state index contributed by atoms with van der Waals surface area (Å²) in [5.41, 5.74) is 5.32. The van der Waals surface area contributed by atoms with Crippen molar-refractivity contribution >= 4 is 18.3 Å². The van der Waals surface area contributed by atoms with Gasteiger partial charge in [0.25, 0.3) is 0 Å². The lowest BCUT2D eigenvalue weighted by atomic mass is 10.3. The number of nitrogens with one attached hydrogen (secondary N) is 1. The van der Waals surface area contributed by atoms with Crippen molar-refractivity contribution in [2.24, 2.45) is 5.73 Å². The topological polar surface area (TPSA) is 64.4 Å². The molecular formula is C11H15ClF2N2O2. The van der Waals surface area contributed by atoms with Crippen molar-refractivity contribution in [2.45, 2.75) is 13.0 Å². The summed E-state index contributed by atoms with van der Waals surface area (Å²) >= 11 is 0. The number of halogens is 3. The molecule has 0 aliphatic heterocycles. The maximum Gasteiger partial charge on any atom is 0.236 e. The van der Waals surface area contributed by atoms with E-state index in [1.165, 1.54) is 6.07 Å². The van der Waals surface area contributed by atoms with Crippen LogP contribution in [0.3, 0.4) is 0 Å². The molecular weight excluding hydrogens is 266 g/mol. The van der Waals surface area contributed by atoms with Gasteiger partial charge in [0.1, 0.15) is 12.4 Å². The molecule has 4 nitrogen and oxygen atoms in total. The van der Waals surface area contributed by atoms with Crippen LogP contribution in [0.15, 0.2) is 18.2 Å². The van der Waals surface area contributed by atoms with Crippen LogP contribution in [-0.2, 0) is 4.79 Å². The molecule has 0 radical (unpaired) electrons. The van der Waals surface area contributed by atoms with Crippen LogP contribution in [0, 0.1) is 11.6 Å². The Labute approximate surface area is 110 Å². The van der Waals surface area contributed by atoms with E-state index in [0.717, 1.165) is 12.1 Å². The summed E-state index contributed by atoms with van der Waals surface area (Å²) in [6.07, 6.45) is 0. The standard InChI is InChI=1S/C11H14F2N2O2.ClH/c1-7(14)11(16)15-4-5-17-10-3-2-8(12)6-9(10)13;/h2-3,6-7H,4-5,14H2,1H3,(H,15,16);1H/t7-;/m1./s1. The van der Waals surface area contributed by atoms with Crippen molar-refractivity contribution in [1.82, 2.24) is 5.32 Å². The first-order chi connectivity index (χ1) is 8.00. The molecule has 0 heterocycles. The summed E-state index contributed by atoms with van der Waals surface area (Å²) in [7, 11) is 0. The van der Waals surface area contributed by atoms with Crippen molar-refractivity contribution < 1.29 is 18.3 Å². The van der Waals surface area contributed by atoms with Gasteiger partial charge in [-0.25, -0.2) is 8.78 Å². The van der Waals surface area contributed by atoms with Crippen molar-refractivity contribution in [3.8, 4) is 5.75 Å². The van der Waals surface area contributed by atoms with Gasteiger partial charge in [0.15, 0.2) is 11.6 Å². The maximum absolute atomic E-state index is 13.1. The Bertz CT molecular complexity index is 403. The lowest BCUT2D eigenvalue weighted by Gasteiger charge is -2.09. The van der Waals surface area contributed by atoms with Gasteiger partial charge in [-0.05, 0) is 19.1 Å². The largest absolute Gasteiger partial charge is 0.489 e. The van der Waals surface area contributed by atoms with E-state index in [9.17, 15) is 13.6 Å². The van der Waals surface area contributed by atoms with E-state index in [2.05, 4.69) is 5.32 Å². The highest BCUT2D eigenvalue weighted by molar-refractivity contribution is 5.85. The monoisotopic (exact) mass is 280 g/mol. The van der Waals surface area contributed by atoms with Gasteiger partial charge >= 0.3 is 0 Å². The molecule has 0 bridgehead atoms. The van der Waals surface area contributed by atoms with Gasteiger partial charge in [-0.1, -0.05) is 0 Å². The second-order valence-corrected chi connectivity index (χ2v) is 3.50. The lowest BCUT2D eigenvalue weighted by molar-refractivity contribution is -0.122. The Balaban J connectivity index is 0.00000289. The third-order valence-electron chi connectivity index (χ3n) is 1.97. The van der Waals surface area contributed by atoms with Crippen molar-refractivity contribution in [3.63, 3.8) is 0 Å². The molecule has 1 aromatic rings. The van der Waals surface area contributed by atoms with Crippen LogP contribution in [0.2, 0.25) is 0 Å².